The topological polar surface area (TPSA) is 78.0 Å². The van der Waals surface area contributed by atoms with Crippen LogP contribution in [0, 0.1) is 0 Å². The molecule has 0 aliphatic heterocycles. The lowest BCUT2D eigenvalue weighted by atomic mass is 9.96. The molecule has 168 valence electrons. The van der Waals surface area contributed by atoms with Crippen LogP contribution < -0.4 is 0 Å². The van der Waals surface area contributed by atoms with Crippen molar-refractivity contribution in [1.29, 1.82) is 0 Å². The van der Waals surface area contributed by atoms with Crippen LogP contribution in [0.15, 0.2) is 42.5 Å². The van der Waals surface area contributed by atoms with Crippen LogP contribution in [0.3, 0.4) is 0 Å². The summed E-state index contributed by atoms with van der Waals surface area (Å²) in [6.45, 7) is 6.92. The summed E-state index contributed by atoms with van der Waals surface area (Å²) in [5, 5.41) is 0.929. The Kier molecular flexibility index (Phi) is 9.30. The highest BCUT2D eigenvalue weighted by Crippen LogP contribution is 2.24. The number of hydrogen-bond acceptors (Lipinski definition) is 6. The van der Waals surface area contributed by atoms with Gasteiger partial charge in [-0.25, -0.2) is 4.98 Å². The second kappa shape index (κ2) is 11.7. The van der Waals surface area contributed by atoms with Crippen molar-refractivity contribution in [2.45, 2.75) is 39.4 Å². The molecule has 1 unspecified atom stereocenters. The highest BCUT2D eigenvalue weighted by atomic mass is 16.7. The average molecular weight is 429 g/mol. The van der Waals surface area contributed by atoms with E-state index in [0.717, 1.165) is 10.9 Å². The van der Waals surface area contributed by atoms with E-state index in [4.69, 9.17) is 14.2 Å². The maximum Gasteiger partial charge on any atom is 0.258 e. The minimum Gasteiger partial charge on any atom is -0.380 e. The van der Waals surface area contributed by atoms with E-state index in [0.29, 0.717) is 30.8 Å². The van der Waals surface area contributed by atoms with Crippen molar-refractivity contribution in [3.63, 3.8) is 0 Å². The van der Waals surface area contributed by atoms with Gasteiger partial charge in [-0.15, -0.1) is 0 Å². The summed E-state index contributed by atoms with van der Waals surface area (Å²) in [4.78, 5) is 32.6. The Labute approximate surface area is 184 Å². The van der Waals surface area contributed by atoms with Crippen LogP contribution in [0.2, 0.25) is 0 Å². The number of ether oxygens (including phenoxy) is 3. The SMILES string of the molecule is CCN(CC)C(=O)C(C=CC(=O)c1nc2ccccc2cc1COC)(CC)OCOC. The van der Waals surface area contributed by atoms with E-state index in [9.17, 15) is 9.59 Å². The molecule has 0 N–H and O–H groups in total. The number of aromatic nitrogens is 1. The van der Waals surface area contributed by atoms with E-state index >= 15 is 0 Å². The Balaban J connectivity index is 2.46. The molecule has 1 heterocycles. The van der Waals surface area contributed by atoms with Crippen LogP contribution in [0.5, 0.6) is 0 Å². The van der Waals surface area contributed by atoms with Gasteiger partial charge in [-0.2, -0.15) is 0 Å². The number of hydrogen-bond donors (Lipinski definition) is 0. The quantitative estimate of drug-likeness (QED) is 0.291. The highest BCUT2D eigenvalue weighted by Gasteiger charge is 2.38. The second-order valence-corrected chi connectivity index (χ2v) is 7.09. The van der Waals surface area contributed by atoms with E-state index in [1.807, 2.05) is 51.1 Å². The molecule has 1 aromatic carbocycles. The number of carbonyl (C=O) groups is 2. The highest BCUT2D eigenvalue weighted by molar-refractivity contribution is 6.06. The molecule has 0 fully saturated rings. The Bertz CT molecular complexity index is 923. The summed E-state index contributed by atoms with van der Waals surface area (Å²) in [5.41, 5.74) is 0.404. The van der Waals surface area contributed by atoms with Gasteiger partial charge in [0.1, 0.15) is 12.5 Å². The third-order valence-corrected chi connectivity index (χ3v) is 5.21. The van der Waals surface area contributed by atoms with Crippen LogP contribution in [0.1, 0.15) is 43.2 Å². The van der Waals surface area contributed by atoms with Crippen molar-refractivity contribution in [3.8, 4) is 0 Å². The molecule has 31 heavy (non-hydrogen) atoms. The number of nitrogens with zero attached hydrogens (tertiary/aromatic N) is 2. The van der Waals surface area contributed by atoms with Crippen LogP contribution >= 0.6 is 0 Å². The van der Waals surface area contributed by atoms with Crippen LogP contribution in [0.4, 0.5) is 0 Å². The molecule has 0 saturated heterocycles. The van der Waals surface area contributed by atoms with Crippen molar-refractivity contribution >= 4 is 22.6 Å². The zero-order valence-corrected chi connectivity index (χ0v) is 19.0. The number of likely N-dealkylation sites (N-methyl/N-ethyl adjacent to an activating group) is 1. The molecule has 0 radical (unpaired) electrons. The lowest BCUT2D eigenvalue weighted by Crippen LogP contribution is -2.49. The number of allylic oxidation sites excluding steroid dienone is 1. The van der Waals surface area contributed by atoms with Crippen molar-refractivity contribution in [2.75, 3.05) is 34.1 Å². The third kappa shape index (κ3) is 5.76. The first-order valence-electron chi connectivity index (χ1n) is 10.5. The smallest absolute Gasteiger partial charge is 0.258 e. The van der Waals surface area contributed by atoms with Crippen LogP contribution in [0.25, 0.3) is 10.9 Å². The molecule has 1 aromatic heterocycles. The number of fused-ring (bicyclic) bond motifs is 1. The molecule has 7 nitrogen and oxygen atoms in total. The first kappa shape index (κ1) is 24.7. The van der Waals surface area contributed by atoms with Crippen LogP contribution in [-0.2, 0) is 25.6 Å². The lowest BCUT2D eigenvalue weighted by Gasteiger charge is -2.33. The number of rotatable bonds is 12. The maximum absolute atomic E-state index is 13.2. The molecule has 1 atom stereocenters. The fraction of sp³-hybridized carbons (Fsp3) is 0.458. The fourth-order valence-corrected chi connectivity index (χ4v) is 3.42. The van der Waals surface area contributed by atoms with Gasteiger partial charge >= 0.3 is 0 Å². The summed E-state index contributed by atoms with van der Waals surface area (Å²) in [6.07, 6.45) is 3.25. The first-order chi connectivity index (χ1) is 15.0. The largest absolute Gasteiger partial charge is 0.380 e. The number of pyridine rings is 1. The minimum atomic E-state index is -1.30. The maximum atomic E-state index is 13.2. The number of amides is 1. The predicted molar refractivity (Wildman–Crippen MR) is 120 cm³/mol. The van der Waals surface area contributed by atoms with Crippen molar-refractivity contribution < 1.29 is 23.8 Å². The molecule has 0 saturated carbocycles. The Morgan fingerprint density at radius 2 is 1.81 bits per heavy atom. The predicted octanol–water partition coefficient (Wildman–Crippen LogP) is 3.76. The Hall–Kier alpha value is -2.61. The van der Waals surface area contributed by atoms with Gasteiger partial charge in [-0.1, -0.05) is 25.1 Å². The van der Waals surface area contributed by atoms with Gasteiger partial charge in [0.2, 0.25) is 5.78 Å². The summed E-state index contributed by atoms with van der Waals surface area (Å²) in [7, 11) is 3.07. The van der Waals surface area contributed by atoms with Crippen molar-refractivity contribution in [3.05, 3.63) is 53.7 Å². The number of ketones is 1. The van der Waals surface area contributed by atoms with Gasteiger partial charge in [-0.3, -0.25) is 9.59 Å². The van der Waals surface area contributed by atoms with E-state index in [2.05, 4.69) is 4.98 Å². The minimum absolute atomic E-state index is 0.0669. The first-order valence-corrected chi connectivity index (χ1v) is 10.5. The molecule has 0 bridgehead atoms. The van der Waals surface area contributed by atoms with E-state index in [1.54, 1.807) is 12.0 Å². The second-order valence-electron chi connectivity index (χ2n) is 7.09. The molecule has 2 rings (SSSR count). The zero-order valence-electron chi connectivity index (χ0n) is 19.0. The Morgan fingerprint density at radius 3 is 2.42 bits per heavy atom. The summed E-state index contributed by atoms with van der Waals surface area (Å²) < 4.78 is 16.1. The summed E-state index contributed by atoms with van der Waals surface area (Å²) in [6, 6.07) is 9.49. The third-order valence-electron chi connectivity index (χ3n) is 5.21. The molecular formula is C24H32N2O5. The number of carbonyl (C=O) groups excluding carboxylic acids is 2. The van der Waals surface area contributed by atoms with Gasteiger partial charge in [0.05, 0.1) is 12.1 Å². The van der Waals surface area contributed by atoms with E-state index < -0.39 is 5.60 Å². The number of methoxy groups -OCH3 is 2. The monoisotopic (exact) mass is 428 g/mol. The molecular weight excluding hydrogens is 396 g/mol. The fourth-order valence-electron chi connectivity index (χ4n) is 3.42. The van der Waals surface area contributed by atoms with E-state index in [1.165, 1.54) is 19.3 Å². The van der Waals surface area contributed by atoms with Crippen molar-refractivity contribution in [1.82, 2.24) is 9.88 Å². The van der Waals surface area contributed by atoms with Gasteiger partial charge in [0, 0.05) is 38.3 Å². The zero-order chi connectivity index (χ0) is 22.9. The summed E-state index contributed by atoms with van der Waals surface area (Å²) >= 11 is 0. The molecule has 0 aliphatic carbocycles. The lowest BCUT2D eigenvalue weighted by molar-refractivity contribution is -0.165. The van der Waals surface area contributed by atoms with Crippen molar-refractivity contribution in [2.24, 2.45) is 0 Å². The van der Waals surface area contributed by atoms with Crippen LogP contribution in [-0.4, -0.2) is 61.3 Å². The normalized spacial score (nSPS) is 13.5. The number of para-hydroxylation sites is 1. The standard InChI is InChI=1S/C24H32N2O5/c1-6-24(31-17-30-5,23(28)26(7-2)8-3)14-13-21(27)22-19(16-29-4)15-18-11-9-10-12-20(18)25-22/h9-15H,6-8,16-17H2,1-5H3. The molecule has 7 heteroatoms. The Morgan fingerprint density at radius 1 is 1.10 bits per heavy atom. The van der Waals surface area contributed by atoms with Gasteiger partial charge in [0.25, 0.3) is 5.91 Å². The summed E-state index contributed by atoms with van der Waals surface area (Å²) in [5.74, 6) is -0.520. The number of benzene rings is 1. The van der Waals surface area contributed by atoms with Gasteiger partial charge in [-0.05, 0) is 44.6 Å². The molecule has 1 amide bonds. The molecule has 0 spiro atoms. The van der Waals surface area contributed by atoms with Gasteiger partial charge < -0.3 is 19.1 Å². The van der Waals surface area contributed by atoms with E-state index in [-0.39, 0.29) is 25.1 Å². The molecule has 0 aliphatic rings. The van der Waals surface area contributed by atoms with Gasteiger partial charge in [0.15, 0.2) is 5.60 Å². The average Bonchev–Trinajstić information content (AvgIpc) is 2.80. The molecule has 2 aromatic rings.